The van der Waals surface area contributed by atoms with E-state index >= 15 is 0 Å². The first-order valence-corrected chi connectivity index (χ1v) is 8.31. The van der Waals surface area contributed by atoms with Gasteiger partial charge in [0.1, 0.15) is 0 Å². The van der Waals surface area contributed by atoms with Gasteiger partial charge in [-0.3, -0.25) is 0 Å². The number of benzene rings is 1. The Kier molecular flexibility index (Phi) is 5.32. The molecule has 1 aromatic heterocycles. The molecule has 1 aromatic carbocycles. The van der Waals surface area contributed by atoms with Gasteiger partial charge in [-0.1, -0.05) is 53.0 Å². The van der Waals surface area contributed by atoms with Crippen molar-refractivity contribution in [2.24, 2.45) is 0 Å². The number of thiophene rings is 1. The van der Waals surface area contributed by atoms with Crippen molar-refractivity contribution < 1.29 is 0 Å². The molecule has 0 saturated heterocycles. The maximum Gasteiger partial charge on any atom is 0.0518 e. The van der Waals surface area contributed by atoms with Crippen LogP contribution in [0.25, 0.3) is 10.4 Å². The normalized spacial score (nSPS) is 11.3. The molecule has 0 aliphatic carbocycles. The first-order valence-electron chi connectivity index (χ1n) is 5.94. The molecule has 0 spiro atoms. The first kappa shape index (κ1) is 15.3. The van der Waals surface area contributed by atoms with Crippen LogP contribution < -0.4 is 5.32 Å². The van der Waals surface area contributed by atoms with Crippen LogP contribution in [0.1, 0.15) is 18.7 Å². The summed E-state index contributed by atoms with van der Waals surface area (Å²) in [4.78, 5) is 2.38. The van der Waals surface area contributed by atoms with E-state index in [1.54, 1.807) is 11.3 Å². The molecule has 0 atom stereocenters. The van der Waals surface area contributed by atoms with E-state index < -0.39 is 0 Å². The molecule has 19 heavy (non-hydrogen) atoms. The molecule has 102 valence electrons. The highest BCUT2D eigenvalue weighted by atomic mass is 79.9. The summed E-state index contributed by atoms with van der Waals surface area (Å²) < 4.78 is 0.893. The van der Waals surface area contributed by atoms with E-state index in [1.807, 2.05) is 12.1 Å². The molecule has 1 nitrogen and oxygen atoms in total. The van der Waals surface area contributed by atoms with Crippen molar-refractivity contribution in [2.45, 2.75) is 26.4 Å². The summed E-state index contributed by atoms with van der Waals surface area (Å²) >= 11 is 17.7. The van der Waals surface area contributed by atoms with Gasteiger partial charge >= 0.3 is 0 Å². The van der Waals surface area contributed by atoms with Gasteiger partial charge in [0.25, 0.3) is 0 Å². The van der Waals surface area contributed by atoms with E-state index in [0.717, 1.165) is 21.5 Å². The summed E-state index contributed by atoms with van der Waals surface area (Å²) in [5.41, 5.74) is 0.910. The third-order valence-electron chi connectivity index (χ3n) is 2.60. The summed E-state index contributed by atoms with van der Waals surface area (Å²) in [6.45, 7) is 5.14. The number of hydrogen-bond donors (Lipinski definition) is 1. The zero-order valence-corrected chi connectivity index (χ0v) is 14.6. The third-order valence-corrected chi connectivity index (χ3v) is 4.76. The lowest BCUT2D eigenvalue weighted by atomic mass is 10.2. The van der Waals surface area contributed by atoms with Crippen LogP contribution in [0, 0.1) is 0 Å². The van der Waals surface area contributed by atoms with Gasteiger partial charge in [0.15, 0.2) is 0 Å². The summed E-state index contributed by atoms with van der Waals surface area (Å²) in [6, 6.07) is 8.40. The molecule has 0 fully saturated rings. The van der Waals surface area contributed by atoms with Crippen molar-refractivity contribution in [3.05, 3.63) is 43.7 Å². The summed E-state index contributed by atoms with van der Waals surface area (Å²) in [6.07, 6.45) is 0. The molecule has 2 rings (SSSR count). The lowest BCUT2D eigenvalue weighted by molar-refractivity contribution is 0.593. The Morgan fingerprint density at radius 3 is 2.42 bits per heavy atom. The minimum atomic E-state index is 0.477. The minimum absolute atomic E-state index is 0.477. The predicted octanol–water partition coefficient (Wildman–Crippen LogP) is 5.98. The zero-order valence-electron chi connectivity index (χ0n) is 10.6. The Morgan fingerprint density at radius 2 is 1.84 bits per heavy atom. The highest BCUT2D eigenvalue weighted by molar-refractivity contribution is 9.10. The largest absolute Gasteiger partial charge is 0.310 e. The Bertz CT molecular complexity index is 558. The molecule has 0 saturated carbocycles. The van der Waals surface area contributed by atoms with E-state index in [1.165, 1.54) is 4.88 Å². The molecule has 5 heteroatoms. The van der Waals surface area contributed by atoms with E-state index in [0.29, 0.717) is 16.1 Å². The second kappa shape index (κ2) is 6.59. The Hall–Kier alpha value is -0.0600. The predicted molar refractivity (Wildman–Crippen MR) is 89.5 cm³/mol. The third kappa shape index (κ3) is 3.96. The van der Waals surface area contributed by atoms with Gasteiger partial charge in [-0.05, 0) is 24.3 Å². The van der Waals surface area contributed by atoms with Crippen molar-refractivity contribution in [1.82, 2.24) is 5.32 Å². The van der Waals surface area contributed by atoms with E-state index in [9.17, 15) is 0 Å². The number of halogens is 3. The van der Waals surface area contributed by atoms with Crippen molar-refractivity contribution in [2.75, 3.05) is 0 Å². The highest BCUT2D eigenvalue weighted by Crippen LogP contribution is 2.40. The molecule has 0 bridgehead atoms. The maximum atomic E-state index is 6.28. The van der Waals surface area contributed by atoms with Crippen LogP contribution in [0.15, 0.2) is 28.7 Å². The van der Waals surface area contributed by atoms with Gasteiger partial charge < -0.3 is 5.32 Å². The minimum Gasteiger partial charge on any atom is -0.310 e. The summed E-state index contributed by atoms with van der Waals surface area (Å²) in [7, 11) is 0. The topological polar surface area (TPSA) is 12.0 Å². The fourth-order valence-electron chi connectivity index (χ4n) is 1.69. The molecular weight excluding hydrogens is 365 g/mol. The van der Waals surface area contributed by atoms with Crippen LogP contribution in [0.5, 0.6) is 0 Å². The molecular formula is C14H14BrCl2NS. The second-order valence-corrected chi connectivity index (χ2v) is 7.44. The zero-order chi connectivity index (χ0) is 14.0. The van der Waals surface area contributed by atoms with E-state index in [-0.39, 0.29) is 0 Å². The monoisotopic (exact) mass is 377 g/mol. The lowest BCUT2D eigenvalue weighted by Gasteiger charge is -2.06. The molecule has 0 amide bonds. The van der Waals surface area contributed by atoms with Crippen LogP contribution in [0.4, 0.5) is 0 Å². The Balaban J connectivity index is 2.28. The molecule has 0 radical (unpaired) electrons. The smallest absolute Gasteiger partial charge is 0.0518 e. The fourth-order valence-corrected chi connectivity index (χ4v) is 4.25. The SMILES string of the molecule is CC(C)NCc1ccc(-c2c(Cl)cc(Br)cc2Cl)s1. The van der Waals surface area contributed by atoms with E-state index in [4.69, 9.17) is 23.2 Å². The number of rotatable bonds is 4. The maximum absolute atomic E-state index is 6.28. The lowest BCUT2D eigenvalue weighted by Crippen LogP contribution is -2.21. The average Bonchev–Trinajstić information content (AvgIpc) is 2.73. The molecule has 1 N–H and O–H groups in total. The molecule has 2 aromatic rings. The highest BCUT2D eigenvalue weighted by Gasteiger charge is 2.12. The van der Waals surface area contributed by atoms with Gasteiger partial charge in [0.2, 0.25) is 0 Å². The second-order valence-electron chi connectivity index (χ2n) is 4.55. The summed E-state index contributed by atoms with van der Waals surface area (Å²) in [5, 5.41) is 4.74. The van der Waals surface area contributed by atoms with E-state index in [2.05, 4.69) is 47.2 Å². The van der Waals surface area contributed by atoms with Gasteiger partial charge in [0.05, 0.1) is 10.0 Å². The summed E-state index contributed by atoms with van der Waals surface area (Å²) in [5.74, 6) is 0. The number of hydrogen-bond acceptors (Lipinski definition) is 2. The standard InChI is InChI=1S/C14H14BrCl2NS/c1-8(2)18-7-10-3-4-13(19-10)14-11(16)5-9(15)6-12(14)17/h3-6,8,18H,7H2,1-2H3. The molecule has 0 aliphatic rings. The van der Waals surface area contributed by atoms with Gasteiger partial charge in [-0.15, -0.1) is 11.3 Å². The van der Waals surface area contributed by atoms with Crippen LogP contribution in [-0.2, 0) is 6.54 Å². The van der Waals surface area contributed by atoms with Crippen molar-refractivity contribution >= 4 is 50.5 Å². The Morgan fingerprint density at radius 1 is 1.21 bits per heavy atom. The molecule has 0 aliphatic heterocycles. The van der Waals surface area contributed by atoms with Crippen LogP contribution >= 0.6 is 50.5 Å². The Labute approximate surface area is 136 Å². The average molecular weight is 379 g/mol. The van der Waals surface area contributed by atoms with Crippen LogP contribution in [-0.4, -0.2) is 6.04 Å². The van der Waals surface area contributed by atoms with Gasteiger partial charge in [-0.25, -0.2) is 0 Å². The first-order chi connectivity index (χ1) is 8.97. The quantitative estimate of drug-likeness (QED) is 0.689. The van der Waals surface area contributed by atoms with Crippen LogP contribution in [0.2, 0.25) is 10.0 Å². The fraction of sp³-hybridized carbons (Fsp3) is 0.286. The molecule has 0 unspecified atom stereocenters. The van der Waals surface area contributed by atoms with Crippen molar-refractivity contribution in [1.29, 1.82) is 0 Å². The van der Waals surface area contributed by atoms with Crippen molar-refractivity contribution in [3.63, 3.8) is 0 Å². The number of nitrogens with one attached hydrogen (secondary N) is 1. The van der Waals surface area contributed by atoms with Gasteiger partial charge in [-0.2, -0.15) is 0 Å². The molecule has 1 heterocycles. The van der Waals surface area contributed by atoms with Crippen LogP contribution in [0.3, 0.4) is 0 Å². The van der Waals surface area contributed by atoms with Gasteiger partial charge in [0, 0.05) is 32.4 Å². The van der Waals surface area contributed by atoms with Crippen molar-refractivity contribution in [3.8, 4) is 10.4 Å².